The Labute approximate surface area is 212 Å². The molecule has 0 spiro atoms. The van der Waals surface area contributed by atoms with E-state index in [0.717, 1.165) is 11.1 Å². The molecule has 6 atom stereocenters. The summed E-state index contributed by atoms with van der Waals surface area (Å²) < 4.78 is 9.34. The van der Waals surface area contributed by atoms with E-state index in [9.17, 15) is 19.2 Å². The molecule has 2 aliphatic rings. The highest BCUT2D eigenvalue weighted by Gasteiger charge is 2.57. The molecule has 2 aliphatic heterocycles. The standard InChI is InChI=1S/C20H22O6P8/c1-19(20(32(2)27,33(28)29)34(30)31,9-3-5-11-13(7-9)17(23)25-15(11)21)10-4-6-12-14(8-10)18(24)26-16(12)22/h3-8H,27-31H2,1-2H3. The molecule has 0 radical (unpaired) electrons. The first-order chi connectivity index (χ1) is 15.9. The second kappa shape index (κ2) is 9.80. The highest BCUT2D eigenvalue weighted by Crippen LogP contribution is 2.95. The van der Waals surface area contributed by atoms with Gasteiger partial charge in [0, 0.05) is 5.41 Å². The van der Waals surface area contributed by atoms with Crippen molar-refractivity contribution in [1.82, 2.24) is 0 Å². The maximum atomic E-state index is 12.4. The Morgan fingerprint density at radius 2 is 1.00 bits per heavy atom. The Morgan fingerprint density at radius 1 is 0.647 bits per heavy atom. The zero-order valence-electron chi connectivity index (χ0n) is 18.1. The molecule has 0 saturated heterocycles. The average Bonchev–Trinajstić information content (AvgIpc) is 3.21. The van der Waals surface area contributed by atoms with Gasteiger partial charge in [0.25, 0.3) is 0 Å². The number of esters is 4. The van der Waals surface area contributed by atoms with Crippen molar-refractivity contribution in [2.75, 3.05) is 6.66 Å². The molecule has 2 heterocycles. The van der Waals surface area contributed by atoms with Crippen molar-refractivity contribution in [1.29, 1.82) is 0 Å². The van der Waals surface area contributed by atoms with Gasteiger partial charge in [0.15, 0.2) is 0 Å². The molecule has 34 heavy (non-hydrogen) atoms. The van der Waals surface area contributed by atoms with E-state index in [1.54, 1.807) is 24.3 Å². The van der Waals surface area contributed by atoms with Gasteiger partial charge in [-0.1, -0.05) is 34.3 Å². The molecular formula is C20H22O6P8. The van der Waals surface area contributed by atoms with E-state index < -0.39 is 51.5 Å². The molecule has 0 saturated carbocycles. The minimum absolute atomic E-state index is 0.233. The molecule has 4 rings (SSSR count). The smallest absolute Gasteiger partial charge is 0.346 e. The summed E-state index contributed by atoms with van der Waals surface area (Å²) in [6.45, 7) is 4.30. The number of benzene rings is 2. The van der Waals surface area contributed by atoms with Gasteiger partial charge < -0.3 is 9.47 Å². The second-order valence-corrected chi connectivity index (χ2v) is 26.6. The number of carbonyl (C=O) groups is 4. The number of hydrogen-bond donors (Lipinski definition) is 0. The number of carbonyl (C=O) groups excluding carboxylic acids is 4. The summed E-state index contributed by atoms with van der Waals surface area (Å²) in [6, 6.07) is 10.5. The lowest BCUT2D eigenvalue weighted by Crippen LogP contribution is -2.43. The third kappa shape index (κ3) is 3.93. The summed E-state index contributed by atoms with van der Waals surface area (Å²) in [6.07, 6.45) is 0. The molecule has 6 nitrogen and oxygen atoms in total. The average molecular weight is 606 g/mol. The zero-order chi connectivity index (χ0) is 25.2. The van der Waals surface area contributed by atoms with Gasteiger partial charge in [-0.15, -0.1) is 44.6 Å². The SMILES string of the molecule is CP(P)C(P(P)P)(P(P)P)C(C)(c1ccc2c(c1)C(=O)OC2=O)c1ccc2c(c1)C(=O)OC2=O. The molecule has 14 heteroatoms. The van der Waals surface area contributed by atoms with E-state index in [2.05, 4.69) is 58.2 Å². The highest BCUT2D eigenvalue weighted by molar-refractivity contribution is 8.58. The Balaban J connectivity index is 2.08. The van der Waals surface area contributed by atoms with Crippen LogP contribution in [0.4, 0.5) is 0 Å². The monoisotopic (exact) mass is 606 g/mol. The van der Waals surface area contributed by atoms with Crippen molar-refractivity contribution in [2.45, 2.75) is 17.0 Å². The van der Waals surface area contributed by atoms with Gasteiger partial charge in [-0.05, 0) is 49.0 Å². The summed E-state index contributed by atoms with van der Waals surface area (Å²) in [5.74, 6) is -2.64. The van der Waals surface area contributed by atoms with Gasteiger partial charge in [-0.25, -0.2) is 19.2 Å². The van der Waals surface area contributed by atoms with Gasteiger partial charge in [0.05, 0.1) is 26.9 Å². The molecule has 6 unspecified atom stereocenters. The maximum absolute atomic E-state index is 12.4. The fraction of sp³-hybridized carbons (Fsp3) is 0.200. The fourth-order valence-electron chi connectivity index (χ4n) is 4.71. The predicted molar refractivity (Wildman–Crippen MR) is 157 cm³/mol. The summed E-state index contributed by atoms with van der Waals surface area (Å²) in [4.78, 5) is 49.0. The van der Waals surface area contributed by atoms with Crippen LogP contribution in [0.3, 0.4) is 0 Å². The first-order valence-electron chi connectivity index (χ1n) is 9.77. The van der Waals surface area contributed by atoms with Crippen LogP contribution < -0.4 is 0 Å². The lowest BCUT2D eigenvalue weighted by Gasteiger charge is -2.57. The Hall–Kier alpha value is 0.160. The minimum atomic E-state index is -0.752. The third-order valence-corrected chi connectivity index (χ3v) is 27.1. The van der Waals surface area contributed by atoms with E-state index in [4.69, 9.17) is 9.47 Å². The molecule has 0 aromatic heterocycles. The van der Waals surface area contributed by atoms with Crippen LogP contribution in [0, 0.1) is 0 Å². The molecule has 2 aromatic rings. The van der Waals surface area contributed by atoms with Crippen molar-refractivity contribution in [3.8, 4) is 0 Å². The van der Waals surface area contributed by atoms with Gasteiger partial charge in [0.2, 0.25) is 0 Å². The van der Waals surface area contributed by atoms with Crippen molar-refractivity contribution < 1.29 is 28.7 Å². The van der Waals surface area contributed by atoms with Gasteiger partial charge in [-0.2, -0.15) is 0 Å². The molecule has 0 aliphatic carbocycles. The van der Waals surface area contributed by atoms with E-state index in [1.807, 2.05) is 12.1 Å². The van der Waals surface area contributed by atoms with Crippen molar-refractivity contribution in [3.05, 3.63) is 69.8 Å². The van der Waals surface area contributed by atoms with Crippen LogP contribution in [0.15, 0.2) is 36.4 Å². The molecular weight excluding hydrogens is 584 g/mol. The van der Waals surface area contributed by atoms with Crippen LogP contribution in [0.2, 0.25) is 0 Å². The number of rotatable bonds is 6. The quantitative estimate of drug-likeness (QED) is 0.218. The molecule has 0 bridgehead atoms. The van der Waals surface area contributed by atoms with E-state index in [1.165, 1.54) is 0 Å². The van der Waals surface area contributed by atoms with Crippen LogP contribution in [0.25, 0.3) is 0 Å². The Bertz CT molecular complexity index is 1160. The van der Waals surface area contributed by atoms with Gasteiger partial charge >= 0.3 is 23.9 Å². The van der Waals surface area contributed by atoms with Crippen molar-refractivity contribution >= 4 is 90.7 Å². The highest BCUT2D eigenvalue weighted by atomic mass is 32.4. The van der Waals surface area contributed by atoms with Gasteiger partial charge in [-0.3, -0.25) is 0 Å². The van der Waals surface area contributed by atoms with Gasteiger partial charge in [0.1, 0.15) is 0 Å². The lowest BCUT2D eigenvalue weighted by atomic mass is 9.75. The third-order valence-electron chi connectivity index (χ3n) is 6.33. The van der Waals surface area contributed by atoms with E-state index in [0.29, 0.717) is 0 Å². The Kier molecular flexibility index (Phi) is 7.84. The Morgan fingerprint density at radius 3 is 1.32 bits per heavy atom. The summed E-state index contributed by atoms with van der Waals surface area (Å²) in [5.41, 5.74) is 1.87. The molecule has 0 N–H and O–H groups in total. The fourth-order valence-corrected chi connectivity index (χ4v) is 38.4. The van der Waals surface area contributed by atoms with Crippen LogP contribution in [0.1, 0.15) is 59.5 Å². The largest absolute Gasteiger partial charge is 0.386 e. The molecule has 178 valence electrons. The number of cyclic esters (lactones) is 4. The van der Waals surface area contributed by atoms with Crippen LogP contribution in [0.5, 0.6) is 0 Å². The van der Waals surface area contributed by atoms with E-state index >= 15 is 0 Å². The maximum Gasteiger partial charge on any atom is 0.346 e. The van der Waals surface area contributed by atoms with Crippen LogP contribution in [-0.4, -0.2) is 35.2 Å². The summed E-state index contributed by atoms with van der Waals surface area (Å²) in [5, 5.41) is 0. The number of hydrogen-bond acceptors (Lipinski definition) is 6. The second-order valence-electron chi connectivity index (χ2n) is 8.06. The number of fused-ring (bicyclic) bond motifs is 2. The summed E-state index contributed by atoms with van der Waals surface area (Å²) in [7, 11) is 12.7. The van der Waals surface area contributed by atoms with Crippen LogP contribution in [-0.2, 0) is 14.9 Å². The van der Waals surface area contributed by atoms with E-state index in [-0.39, 0.29) is 26.9 Å². The topological polar surface area (TPSA) is 86.7 Å². The zero-order valence-corrected chi connectivity index (χ0v) is 26.6. The molecule has 0 fully saturated rings. The molecule has 2 aromatic carbocycles. The van der Waals surface area contributed by atoms with Crippen molar-refractivity contribution in [2.24, 2.45) is 0 Å². The normalized spacial score (nSPS) is 16.6. The predicted octanol–water partition coefficient (Wildman–Crippen LogP) is 6.29. The number of ether oxygens (including phenoxy) is 2. The summed E-state index contributed by atoms with van der Waals surface area (Å²) >= 11 is 0. The minimum Gasteiger partial charge on any atom is -0.386 e. The van der Waals surface area contributed by atoms with Crippen molar-refractivity contribution in [3.63, 3.8) is 0 Å². The first-order valence-corrected chi connectivity index (χ1v) is 22.3. The van der Waals surface area contributed by atoms with Crippen LogP contribution >= 0.6 is 66.8 Å². The molecule has 0 amide bonds. The first kappa shape index (κ1) is 27.2. The lowest BCUT2D eigenvalue weighted by molar-refractivity contribution is 0.0425.